The van der Waals surface area contributed by atoms with Crippen molar-refractivity contribution in [1.82, 2.24) is 4.90 Å². The van der Waals surface area contributed by atoms with Gasteiger partial charge in [-0.1, -0.05) is 6.07 Å². The third-order valence-corrected chi connectivity index (χ3v) is 5.99. The molecule has 1 aliphatic rings. The van der Waals surface area contributed by atoms with Crippen molar-refractivity contribution >= 4 is 15.9 Å². The number of carbonyl (C=O) groups excluding carboxylic acids is 1. The molecule has 0 saturated carbocycles. The number of nitrogens with zero attached hydrogens (tertiary/aromatic N) is 1. The van der Waals surface area contributed by atoms with Crippen molar-refractivity contribution in [2.75, 3.05) is 20.8 Å². The van der Waals surface area contributed by atoms with Crippen LogP contribution in [0.5, 0.6) is 11.5 Å². The van der Waals surface area contributed by atoms with E-state index in [0.717, 1.165) is 18.4 Å². The summed E-state index contributed by atoms with van der Waals surface area (Å²) in [5.74, 6) is 1.11. The predicted molar refractivity (Wildman–Crippen MR) is 105 cm³/mol. The highest BCUT2D eigenvalue weighted by Gasteiger charge is 2.33. The molecule has 1 amide bonds. The summed E-state index contributed by atoms with van der Waals surface area (Å²) in [6, 6.07) is 9.75. The normalized spacial score (nSPS) is 16.9. The van der Waals surface area contributed by atoms with Gasteiger partial charge in [-0.2, -0.15) is 0 Å². The molecule has 7 nitrogen and oxygen atoms in total. The van der Waals surface area contributed by atoms with Crippen LogP contribution in [0.1, 0.15) is 40.4 Å². The largest absolute Gasteiger partial charge is 0.497 e. The zero-order valence-corrected chi connectivity index (χ0v) is 17.0. The summed E-state index contributed by atoms with van der Waals surface area (Å²) in [5.41, 5.74) is 1.94. The number of likely N-dealkylation sites (tertiary alicyclic amines) is 1. The summed E-state index contributed by atoms with van der Waals surface area (Å²) < 4.78 is 34.1. The number of hydrogen-bond donors (Lipinski definition) is 1. The SMILES string of the molecule is COc1ccc(C2CCCN2C(=O)c2cc(S(N)(=O)=O)ccc2C)c(OC)c1. The first kappa shape index (κ1) is 20.2. The van der Waals surface area contributed by atoms with E-state index in [1.165, 1.54) is 12.1 Å². The minimum Gasteiger partial charge on any atom is -0.497 e. The van der Waals surface area contributed by atoms with Crippen molar-refractivity contribution in [1.29, 1.82) is 0 Å². The Bertz CT molecular complexity index is 1000. The average molecular weight is 404 g/mol. The topological polar surface area (TPSA) is 98.9 Å². The molecule has 0 radical (unpaired) electrons. The Morgan fingerprint density at radius 1 is 1.14 bits per heavy atom. The summed E-state index contributed by atoms with van der Waals surface area (Å²) in [5, 5.41) is 5.23. The highest BCUT2D eigenvalue weighted by Crippen LogP contribution is 2.39. The monoisotopic (exact) mass is 404 g/mol. The van der Waals surface area contributed by atoms with E-state index < -0.39 is 10.0 Å². The molecule has 3 rings (SSSR count). The lowest BCUT2D eigenvalue weighted by Crippen LogP contribution is -2.31. The van der Waals surface area contributed by atoms with E-state index in [9.17, 15) is 13.2 Å². The molecule has 0 aromatic heterocycles. The van der Waals surface area contributed by atoms with Crippen LogP contribution in [0.2, 0.25) is 0 Å². The lowest BCUT2D eigenvalue weighted by molar-refractivity contribution is 0.0733. The molecule has 0 bridgehead atoms. The molecule has 1 aliphatic heterocycles. The molecule has 1 unspecified atom stereocenters. The first-order valence-corrected chi connectivity index (χ1v) is 10.5. The van der Waals surface area contributed by atoms with Gasteiger partial charge in [-0.25, -0.2) is 13.6 Å². The molecule has 150 valence electrons. The van der Waals surface area contributed by atoms with E-state index in [1.807, 2.05) is 12.1 Å². The quantitative estimate of drug-likeness (QED) is 0.826. The Labute approximate surface area is 165 Å². The van der Waals surface area contributed by atoms with Crippen LogP contribution in [-0.4, -0.2) is 40.0 Å². The van der Waals surface area contributed by atoms with Crippen LogP contribution < -0.4 is 14.6 Å². The lowest BCUT2D eigenvalue weighted by atomic mass is 10.0. The maximum absolute atomic E-state index is 13.3. The predicted octanol–water partition coefficient (Wildman–Crippen LogP) is 2.64. The van der Waals surface area contributed by atoms with Crippen molar-refractivity contribution < 1.29 is 22.7 Å². The Kier molecular flexibility index (Phi) is 5.62. The van der Waals surface area contributed by atoms with Crippen molar-refractivity contribution in [2.24, 2.45) is 5.14 Å². The fourth-order valence-corrected chi connectivity index (χ4v) is 4.13. The summed E-state index contributed by atoms with van der Waals surface area (Å²) in [4.78, 5) is 15.0. The highest BCUT2D eigenvalue weighted by atomic mass is 32.2. The van der Waals surface area contributed by atoms with Crippen molar-refractivity contribution in [3.05, 3.63) is 53.1 Å². The average Bonchev–Trinajstić information content (AvgIpc) is 3.15. The standard InChI is InChI=1S/C20H24N2O5S/c1-13-6-8-15(28(21,24)25)12-17(13)20(23)22-10-4-5-18(22)16-9-7-14(26-2)11-19(16)27-3/h6-9,11-12,18H,4-5,10H2,1-3H3,(H2,21,24,25). The lowest BCUT2D eigenvalue weighted by Gasteiger charge is -2.27. The van der Waals surface area contributed by atoms with Gasteiger partial charge in [0.15, 0.2) is 0 Å². The first-order valence-electron chi connectivity index (χ1n) is 8.92. The first-order chi connectivity index (χ1) is 13.3. The van der Waals surface area contributed by atoms with Gasteiger partial charge in [0.2, 0.25) is 10.0 Å². The van der Waals surface area contributed by atoms with Crippen LogP contribution in [0.4, 0.5) is 0 Å². The number of carbonyl (C=O) groups is 1. The second-order valence-electron chi connectivity index (χ2n) is 6.79. The van der Waals surface area contributed by atoms with Crippen LogP contribution >= 0.6 is 0 Å². The Morgan fingerprint density at radius 2 is 1.89 bits per heavy atom. The van der Waals surface area contributed by atoms with Crippen molar-refractivity contribution in [3.63, 3.8) is 0 Å². The van der Waals surface area contributed by atoms with Gasteiger partial charge in [-0.3, -0.25) is 4.79 Å². The second kappa shape index (κ2) is 7.81. The van der Waals surface area contributed by atoms with Gasteiger partial charge in [0.05, 0.1) is 25.2 Å². The Morgan fingerprint density at radius 3 is 2.54 bits per heavy atom. The Balaban J connectivity index is 1.99. The van der Waals surface area contributed by atoms with Gasteiger partial charge in [-0.15, -0.1) is 0 Å². The third kappa shape index (κ3) is 3.83. The van der Waals surface area contributed by atoms with Gasteiger partial charge in [-0.05, 0) is 49.6 Å². The van der Waals surface area contributed by atoms with E-state index in [1.54, 1.807) is 38.2 Å². The van der Waals surface area contributed by atoms with Crippen LogP contribution in [0.3, 0.4) is 0 Å². The molecule has 2 aromatic carbocycles. The molecule has 2 N–H and O–H groups in total. The van der Waals surface area contributed by atoms with E-state index in [0.29, 0.717) is 29.2 Å². The second-order valence-corrected chi connectivity index (χ2v) is 8.35. The molecule has 8 heteroatoms. The van der Waals surface area contributed by atoms with E-state index >= 15 is 0 Å². The van der Waals surface area contributed by atoms with Crippen LogP contribution in [0, 0.1) is 6.92 Å². The van der Waals surface area contributed by atoms with Crippen LogP contribution in [0.15, 0.2) is 41.3 Å². The fraction of sp³-hybridized carbons (Fsp3) is 0.350. The maximum atomic E-state index is 13.3. The number of hydrogen-bond acceptors (Lipinski definition) is 5. The third-order valence-electron chi connectivity index (χ3n) is 5.08. The summed E-state index contributed by atoms with van der Waals surface area (Å²) in [6.07, 6.45) is 1.64. The van der Waals surface area contributed by atoms with Gasteiger partial charge >= 0.3 is 0 Å². The number of sulfonamides is 1. The molecule has 0 aliphatic carbocycles. The molecule has 2 aromatic rings. The van der Waals surface area contributed by atoms with Gasteiger partial charge in [0.25, 0.3) is 5.91 Å². The number of benzene rings is 2. The smallest absolute Gasteiger partial charge is 0.254 e. The van der Waals surface area contributed by atoms with Gasteiger partial charge in [0.1, 0.15) is 11.5 Å². The van der Waals surface area contributed by atoms with Gasteiger partial charge in [0, 0.05) is 23.7 Å². The van der Waals surface area contributed by atoms with Crippen LogP contribution in [0.25, 0.3) is 0 Å². The molecular weight excluding hydrogens is 380 g/mol. The number of nitrogens with two attached hydrogens (primary N) is 1. The fourth-order valence-electron chi connectivity index (χ4n) is 3.59. The summed E-state index contributed by atoms with van der Waals surface area (Å²) in [7, 11) is -0.721. The minimum atomic E-state index is -3.89. The molecule has 1 fully saturated rings. The summed E-state index contributed by atoms with van der Waals surface area (Å²) >= 11 is 0. The number of ether oxygens (including phenoxy) is 2. The number of primary sulfonamides is 1. The van der Waals surface area contributed by atoms with E-state index in [2.05, 4.69) is 0 Å². The minimum absolute atomic E-state index is 0.0702. The van der Waals surface area contributed by atoms with E-state index in [-0.39, 0.29) is 16.8 Å². The van der Waals surface area contributed by atoms with Gasteiger partial charge < -0.3 is 14.4 Å². The van der Waals surface area contributed by atoms with Crippen LogP contribution in [-0.2, 0) is 10.0 Å². The van der Waals surface area contributed by atoms with Crippen molar-refractivity contribution in [2.45, 2.75) is 30.7 Å². The number of rotatable bonds is 5. The maximum Gasteiger partial charge on any atom is 0.254 e. The molecule has 0 spiro atoms. The highest BCUT2D eigenvalue weighted by molar-refractivity contribution is 7.89. The number of aryl methyl sites for hydroxylation is 1. The van der Waals surface area contributed by atoms with E-state index in [4.69, 9.17) is 14.6 Å². The zero-order valence-electron chi connectivity index (χ0n) is 16.1. The zero-order chi connectivity index (χ0) is 20.5. The van der Waals surface area contributed by atoms with Crippen molar-refractivity contribution in [3.8, 4) is 11.5 Å². The number of methoxy groups -OCH3 is 2. The summed E-state index contributed by atoms with van der Waals surface area (Å²) in [6.45, 7) is 2.36. The molecular formula is C20H24N2O5S. The number of amides is 1. The molecule has 1 atom stereocenters. The Hall–Kier alpha value is -2.58. The molecule has 1 saturated heterocycles. The molecule has 28 heavy (non-hydrogen) atoms. The molecule has 1 heterocycles.